The number of ether oxygens (including phenoxy) is 1. The van der Waals surface area contributed by atoms with E-state index in [0.717, 1.165) is 5.56 Å². The number of hydrogen-bond donors (Lipinski definition) is 1. The molecule has 1 unspecified atom stereocenters. The highest BCUT2D eigenvalue weighted by atomic mass is 16.5. The maximum atomic E-state index is 13.0. The molecule has 0 spiro atoms. The molecule has 7 heteroatoms. The summed E-state index contributed by atoms with van der Waals surface area (Å²) in [7, 11) is 3.43. The van der Waals surface area contributed by atoms with Crippen LogP contribution in [0.25, 0.3) is 11.0 Å². The zero-order chi connectivity index (χ0) is 20.4. The van der Waals surface area contributed by atoms with Crippen LogP contribution in [0.4, 0.5) is 0 Å². The van der Waals surface area contributed by atoms with Crippen molar-refractivity contribution in [2.45, 2.75) is 6.04 Å². The van der Waals surface area contributed by atoms with Gasteiger partial charge in [-0.15, -0.1) is 0 Å². The summed E-state index contributed by atoms with van der Waals surface area (Å²) in [4.78, 5) is 29.7. The highest BCUT2D eigenvalue weighted by Crippen LogP contribution is 2.25. The van der Waals surface area contributed by atoms with Crippen molar-refractivity contribution in [1.82, 2.24) is 14.9 Å². The summed E-state index contributed by atoms with van der Waals surface area (Å²) in [5, 5.41) is 3.35. The van der Waals surface area contributed by atoms with Crippen LogP contribution in [0.3, 0.4) is 0 Å². The molecule has 0 saturated heterocycles. The van der Waals surface area contributed by atoms with Gasteiger partial charge in [-0.25, -0.2) is 4.98 Å². The summed E-state index contributed by atoms with van der Waals surface area (Å²) in [6.45, 7) is 0. The van der Waals surface area contributed by atoms with E-state index in [4.69, 9.17) is 9.15 Å². The van der Waals surface area contributed by atoms with Crippen molar-refractivity contribution in [1.29, 1.82) is 0 Å². The van der Waals surface area contributed by atoms with Gasteiger partial charge in [-0.2, -0.15) is 0 Å². The Kier molecular flexibility index (Phi) is 4.87. The van der Waals surface area contributed by atoms with Crippen molar-refractivity contribution in [2.75, 3.05) is 7.11 Å². The van der Waals surface area contributed by atoms with E-state index in [0.29, 0.717) is 22.5 Å². The van der Waals surface area contributed by atoms with Gasteiger partial charge in [0, 0.05) is 25.5 Å². The average molecular weight is 389 g/mol. The molecule has 146 valence electrons. The lowest BCUT2D eigenvalue weighted by molar-refractivity contribution is 0.0913. The van der Waals surface area contributed by atoms with Crippen LogP contribution in [0.15, 0.2) is 76.2 Å². The molecule has 2 aromatic carbocycles. The molecule has 0 fully saturated rings. The second kappa shape index (κ2) is 7.63. The van der Waals surface area contributed by atoms with Crippen LogP contribution in [-0.4, -0.2) is 22.6 Å². The highest BCUT2D eigenvalue weighted by Gasteiger charge is 2.23. The molecule has 1 atom stereocenters. The Morgan fingerprint density at radius 2 is 2.00 bits per heavy atom. The van der Waals surface area contributed by atoms with E-state index >= 15 is 0 Å². The molecule has 1 amide bonds. The number of para-hydroxylation sites is 1. The summed E-state index contributed by atoms with van der Waals surface area (Å²) in [5.41, 5.74) is 0.877. The maximum absolute atomic E-state index is 13.0. The minimum Gasteiger partial charge on any atom is -0.497 e. The summed E-state index contributed by atoms with van der Waals surface area (Å²) in [5.74, 6) is 0.724. The topological polar surface area (TPSA) is 86.4 Å². The van der Waals surface area contributed by atoms with Gasteiger partial charge in [0.15, 0.2) is 11.2 Å². The Balaban J connectivity index is 1.74. The third-order valence-electron chi connectivity index (χ3n) is 4.68. The Labute approximate surface area is 166 Å². The van der Waals surface area contributed by atoms with Gasteiger partial charge in [-0.1, -0.05) is 24.3 Å². The molecule has 0 aliphatic carbocycles. The van der Waals surface area contributed by atoms with Crippen LogP contribution >= 0.6 is 0 Å². The number of aromatic nitrogens is 2. The quantitative estimate of drug-likeness (QED) is 0.567. The minimum atomic E-state index is -0.561. The van der Waals surface area contributed by atoms with E-state index in [1.807, 2.05) is 35.9 Å². The SMILES string of the molecule is COc1cccc(C(NC(=O)c2cc(=O)c3ccccc3o2)c2nccn2C)c1. The van der Waals surface area contributed by atoms with Crippen LogP contribution in [0.5, 0.6) is 5.75 Å². The van der Waals surface area contributed by atoms with Crippen molar-refractivity contribution in [2.24, 2.45) is 7.05 Å². The van der Waals surface area contributed by atoms with Crippen molar-refractivity contribution < 1.29 is 13.9 Å². The summed E-state index contributed by atoms with van der Waals surface area (Å²) >= 11 is 0. The number of methoxy groups -OCH3 is 1. The molecule has 7 nitrogen and oxygen atoms in total. The number of nitrogens with one attached hydrogen (secondary N) is 1. The first-order valence-electron chi connectivity index (χ1n) is 9.02. The number of imidazole rings is 1. The molecular formula is C22H19N3O4. The van der Waals surface area contributed by atoms with Crippen LogP contribution in [0.1, 0.15) is 28.0 Å². The lowest BCUT2D eigenvalue weighted by Crippen LogP contribution is -2.31. The molecule has 0 aliphatic rings. The number of benzene rings is 2. The Morgan fingerprint density at radius 3 is 2.76 bits per heavy atom. The van der Waals surface area contributed by atoms with Gasteiger partial charge in [0.25, 0.3) is 5.91 Å². The molecule has 1 N–H and O–H groups in total. The van der Waals surface area contributed by atoms with Crippen molar-refractivity contribution in [3.8, 4) is 5.75 Å². The Morgan fingerprint density at radius 1 is 1.17 bits per heavy atom. The number of nitrogens with zero attached hydrogens (tertiary/aromatic N) is 2. The summed E-state index contributed by atoms with van der Waals surface area (Å²) < 4.78 is 12.8. The molecule has 0 aliphatic heterocycles. The molecule has 29 heavy (non-hydrogen) atoms. The fourth-order valence-electron chi connectivity index (χ4n) is 3.19. The molecule has 2 aromatic heterocycles. The van der Waals surface area contributed by atoms with Crippen LogP contribution < -0.4 is 15.5 Å². The minimum absolute atomic E-state index is 0.0594. The van der Waals surface area contributed by atoms with Gasteiger partial charge in [0.2, 0.25) is 0 Å². The second-order valence-corrected chi connectivity index (χ2v) is 6.55. The second-order valence-electron chi connectivity index (χ2n) is 6.55. The summed E-state index contributed by atoms with van der Waals surface area (Å²) in [6, 6.07) is 14.8. The molecule has 4 rings (SSSR count). The molecule has 2 heterocycles. The standard InChI is InChI=1S/C22H19N3O4/c1-25-11-10-23-21(25)20(14-6-5-7-15(12-14)28-2)24-22(27)19-13-17(26)16-8-3-4-9-18(16)29-19/h3-13,20H,1-2H3,(H,24,27). The fourth-order valence-corrected chi connectivity index (χ4v) is 3.19. The number of amides is 1. The van der Waals surface area contributed by atoms with Crippen molar-refractivity contribution in [3.05, 3.63) is 94.4 Å². The molecular weight excluding hydrogens is 370 g/mol. The smallest absolute Gasteiger partial charge is 0.288 e. The fraction of sp³-hybridized carbons (Fsp3) is 0.136. The predicted octanol–water partition coefficient (Wildman–Crippen LogP) is 3.05. The average Bonchev–Trinajstić information content (AvgIpc) is 3.17. The first kappa shape index (κ1) is 18.5. The Bertz CT molecular complexity index is 1240. The Hall–Kier alpha value is -3.87. The van der Waals surface area contributed by atoms with Gasteiger partial charge < -0.3 is 19.0 Å². The largest absolute Gasteiger partial charge is 0.497 e. The maximum Gasteiger partial charge on any atom is 0.288 e. The number of aryl methyl sites for hydroxylation is 1. The molecule has 4 aromatic rings. The first-order valence-corrected chi connectivity index (χ1v) is 9.02. The molecule has 0 radical (unpaired) electrons. The predicted molar refractivity (Wildman–Crippen MR) is 108 cm³/mol. The monoisotopic (exact) mass is 389 g/mol. The number of carbonyl (C=O) groups is 1. The highest BCUT2D eigenvalue weighted by molar-refractivity contribution is 5.93. The van der Waals surface area contributed by atoms with Crippen LogP contribution in [-0.2, 0) is 7.05 Å². The van der Waals surface area contributed by atoms with E-state index in [1.165, 1.54) is 6.07 Å². The lowest BCUT2D eigenvalue weighted by Gasteiger charge is -2.19. The van der Waals surface area contributed by atoms with Gasteiger partial charge in [0.05, 0.1) is 12.5 Å². The van der Waals surface area contributed by atoms with Gasteiger partial charge in [-0.3, -0.25) is 9.59 Å². The summed E-state index contributed by atoms with van der Waals surface area (Å²) in [6.07, 6.45) is 3.45. The van der Waals surface area contributed by atoms with E-state index in [1.54, 1.807) is 43.8 Å². The van der Waals surface area contributed by atoms with Crippen molar-refractivity contribution >= 4 is 16.9 Å². The molecule has 0 saturated carbocycles. The van der Waals surface area contributed by atoms with E-state index in [9.17, 15) is 9.59 Å². The number of carbonyl (C=O) groups excluding carboxylic acids is 1. The van der Waals surface area contributed by atoms with Gasteiger partial charge in [-0.05, 0) is 29.8 Å². The van der Waals surface area contributed by atoms with E-state index in [2.05, 4.69) is 10.3 Å². The number of fused-ring (bicyclic) bond motifs is 1. The van der Waals surface area contributed by atoms with Gasteiger partial charge in [0.1, 0.15) is 23.2 Å². The first-order chi connectivity index (χ1) is 14.1. The van der Waals surface area contributed by atoms with Crippen LogP contribution in [0, 0.1) is 0 Å². The molecule has 0 bridgehead atoms. The zero-order valence-corrected chi connectivity index (χ0v) is 16.0. The third kappa shape index (κ3) is 3.62. The van der Waals surface area contributed by atoms with E-state index < -0.39 is 11.9 Å². The van der Waals surface area contributed by atoms with E-state index in [-0.39, 0.29) is 11.2 Å². The number of rotatable bonds is 5. The van der Waals surface area contributed by atoms with Crippen LogP contribution in [0.2, 0.25) is 0 Å². The van der Waals surface area contributed by atoms with Crippen molar-refractivity contribution in [3.63, 3.8) is 0 Å². The number of hydrogen-bond acceptors (Lipinski definition) is 5. The third-order valence-corrected chi connectivity index (χ3v) is 4.68. The normalized spacial score (nSPS) is 11.9. The lowest BCUT2D eigenvalue weighted by atomic mass is 10.1. The van der Waals surface area contributed by atoms with Gasteiger partial charge >= 0.3 is 0 Å². The zero-order valence-electron chi connectivity index (χ0n) is 16.0.